The van der Waals surface area contributed by atoms with Crippen LogP contribution in [-0.2, 0) is 9.53 Å². The van der Waals surface area contributed by atoms with E-state index in [1.165, 1.54) is 38.2 Å². The Morgan fingerprint density at radius 2 is 2.05 bits per heavy atom. The zero-order chi connectivity index (χ0) is 14.1. The Kier molecular flexibility index (Phi) is 7.84. The summed E-state index contributed by atoms with van der Waals surface area (Å²) in [5.41, 5.74) is 0. The molecule has 0 amide bonds. The van der Waals surface area contributed by atoms with E-state index in [0.717, 1.165) is 12.8 Å². The van der Waals surface area contributed by atoms with E-state index in [-0.39, 0.29) is 5.97 Å². The molecule has 0 spiro atoms. The topological polar surface area (TPSA) is 29.5 Å². The normalized spacial score (nSPS) is 19.9. The van der Waals surface area contributed by atoms with E-state index in [4.69, 9.17) is 4.74 Å². The van der Waals surface area contributed by atoms with Crippen LogP contribution in [-0.4, -0.2) is 47.6 Å². The van der Waals surface area contributed by atoms with Gasteiger partial charge in [0.15, 0.2) is 0 Å². The minimum atomic E-state index is -0.0459. The predicted octanol–water partition coefficient (Wildman–Crippen LogP) is 3.33. The highest BCUT2D eigenvalue weighted by Crippen LogP contribution is 2.30. The van der Waals surface area contributed by atoms with Crippen LogP contribution in [0.2, 0.25) is 0 Å². The van der Waals surface area contributed by atoms with Crippen LogP contribution < -0.4 is 0 Å². The number of nitrogens with zero attached hydrogens (tertiary/aromatic N) is 1. The highest BCUT2D eigenvalue weighted by Gasteiger charge is 2.23. The summed E-state index contributed by atoms with van der Waals surface area (Å²) in [4.78, 5) is 13.8. The molecule has 0 aromatic carbocycles. The molecule has 0 aliphatic carbocycles. The first-order valence-electron chi connectivity index (χ1n) is 7.55. The second-order valence-corrected chi connectivity index (χ2v) is 7.62. The van der Waals surface area contributed by atoms with Crippen LogP contribution in [0.4, 0.5) is 0 Å². The minimum absolute atomic E-state index is 0.0459. The Bertz CT molecular complexity index is 269. The predicted molar refractivity (Wildman–Crippen MR) is 82.7 cm³/mol. The summed E-state index contributed by atoms with van der Waals surface area (Å²) in [7, 11) is 0. The van der Waals surface area contributed by atoms with E-state index in [9.17, 15) is 4.79 Å². The van der Waals surface area contributed by atoms with Crippen molar-refractivity contribution in [2.45, 2.75) is 57.6 Å². The molecule has 1 fully saturated rings. The number of hydrogen-bond acceptors (Lipinski definition) is 4. The molecular formula is C15H29NO2S. The summed E-state index contributed by atoms with van der Waals surface area (Å²) in [6, 6.07) is 0. The minimum Gasteiger partial charge on any atom is -0.466 e. The first kappa shape index (κ1) is 16.8. The lowest BCUT2D eigenvalue weighted by molar-refractivity contribution is -0.143. The molecule has 0 saturated carbocycles. The average Bonchev–Trinajstić information content (AvgIpc) is 2.51. The molecule has 0 aromatic heterocycles. The van der Waals surface area contributed by atoms with Crippen LogP contribution in [0.3, 0.4) is 0 Å². The van der Waals surface area contributed by atoms with Crippen LogP contribution in [0, 0.1) is 0 Å². The summed E-state index contributed by atoms with van der Waals surface area (Å²) in [6.07, 6.45) is 5.15. The molecule has 3 nitrogen and oxygen atoms in total. The summed E-state index contributed by atoms with van der Waals surface area (Å²) in [6.45, 7) is 10.7. The van der Waals surface area contributed by atoms with Crippen molar-refractivity contribution < 1.29 is 9.53 Å². The van der Waals surface area contributed by atoms with Gasteiger partial charge in [0.05, 0.1) is 6.61 Å². The standard InChI is InChI=1S/C15H29NO2S/c1-4-18-14(17)8-6-5-7-10-16-11-9-15(2,3)19-13-12-16/h4-13H2,1-3H3. The molecule has 1 heterocycles. The molecule has 0 N–H and O–H groups in total. The van der Waals surface area contributed by atoms with E-state index in [0.29, 0.717) is 17.8 Å². The van der Waals surface area contributed by atoms with Crippen molar-refractivity contribution in [1.29, 1.82) is 0 Å². The highest BCUT2D eigenvalue weighted by molar-refractivity contribution is 8.00. The van der Waals surface area contributed by atoms with Gasteiger partial charge in [0.1, 0.15) is 0 Å². The van der Waals surface area contributed by atoms with E-state index in [2.05, 4.69) is 30.5 Å². The molecule has 0 aromatic rings. The maximum Gasteiger partial charge on any atom is 0.305 e. The third kappa shape index (κ3) is 7.83. The van der Waals surface area contributed by atoms with Crippen LogP contribution in [0.15, 0.2) is 0 Å². The van der Waals surface area contributed by atoms with Crippen molar-refractivity contribution >= 4 is 17.7 Å². The number of unbranched alkanes of at least 4 members (excludes halogenated alkanes) is 2. The third-order valence-corrected chi connectivity index (χ3v) is 4.96. The first-order chi connectivity index (χ1) is 9.03. The van der Waals surface area contributed by atoms with Gasteiger partial charge in [-0.1, -0.05) is 20.3 Å². The molecule has 112 valence electrons. The van der Waals surface area contributed by atoms with Crippen molar-refractivity contribution in [2.75, 3.05) is 32.0 Å². The third-order valence-electron chi connectivity index (χ3n) is 3.59. The Morgan fingerprint density at radius 3 is 2.79 bits per heavy atom. The van der Waals surface area contributed by atoms with Crippen molar-refractivity contribution in [2.24, 2.45) is 0 Å². The van der Waals surface area contributed by atoms with E-state index >= 15 is 0 Å². The molecule has 19 heavy (non-hydrogen) atoms. The summed E-state index contributed by atoms with van der Waals surface area (Å²) in [5.74, 6) is 1.20. The van der Waals surface area contributed by atoms with E-state index < -0.39 is 0 Å². The number of esters is 1. The summed E-state index contributed by atoms with van der Waals surface area (Å²) < 4.78 is 5.37. The molecule has 1 aliphatic rings. The van der Waals surface area contributed by atoms with Crippen molar-refractivity contribution in [3.8, 4) is 0 Å². The van der Waals surface area contributed by atoms with Crippen molar-refractivity contribution in [3.63, 3.8) is 0 Å². The zero-order valence-corrected chi connectivity index (χ0v) is 13.6. The molecule has 0 atom stereocenters. The van der Waals surface area contributed by atoms with Gasteiger partial charge in [0.2, 0.25) is 0 Å². The lowest BCUT2D eigenvalue weighted by atomic mass is 10.1. The quantitative estimate of drug-likeness (QED) is 0.530. The number of ether oxygens (including phenoxy) is 1. The number of carbonyl (C=O) groups excluding carboxylic acids is 1. The molecule has 0 radical (unpaired) electrons. The molecule has 0 bridgehead atoms. The maximum atomic E-state index is 11.2. The van der Waals surface area contributed by atoms with Crippen molar-refractivity contribution in [1.82, 2.24) is 4.90 Å². The maximum absolute atomic E-state index is 11.2. The molecule has 1 aliphatic heterocycles. The number of hydrogen-bond donors (Lipinski definition) is 0. The Labute approximate surface area is 122 Å². The largest absolute Gasteiger partial charge is 0.466 e. The van der Waals surface area contributed by atoms with Gasteiger partial charge in [0.25, 0.3) is 0 Å². The van der Waals surface area contributed by atoms with Gasteiger partial charge in [-0.15, -0.1) is 0 Å². The highest BCUT2D eigenvalue weighted by atomic mass is 32.2. The number of rotatable bonds is 7. The molecule has 1 saturated heterocycles. The van der Waals surface area contributed by atoms with Gasteiger partial charge in [-0.2, -0.15) is 11.8 Å². The van der Waals surface area contributed by atoms with Gasteiger partial charge >= 0.3 is 5.97 Å². The van der Waals surface area contributed by atoms with Crippen LogP contribution in [0.1, 0.15) is 52.9 Å². The molecule has 4 heteroatoms. The van der Waals surface area contributed by atoms with Gasteiger partial charge in [0, 0.05) is 23.5 Å². The van der Waals surface area contributed by atoms with E-state index in [1.807, 2.05) is 6.92 Å². The average molecular weight is 287 g/mol. The monoisotopic (exact) mass is 287 g/mol. The summed E-state index contributed by atoms with van der Waals surface area (Å²) >= 11 is 2.10. The van der Waals surface area contributed by atoms with Gasteiger partial charge < -0.3 is 9.64 Å². The van der Waals surface area contributed by atoms with Crippen molar-refractivity contribution in [3.05, 3.63) is 0 Å². The first-order valence-corrected chi connectivity index (χ1v) is 8.54. The van der Waals surface area contributed by atoms with Crippen LogP contribution >= 0.6 is 11.8 Å². The fourth-order valence-corrected chi connectivity index (χ4v) is 3.44. The lowest BCUT2D eigenvalue weighted by Crippen LogP contribution is -2.28. The SMILES string of the molecule is CCOC(=O)CCCCCN1CCSC(C)(C)CC1. The summed E-state index contributed by atoms with van der Waals surface area (Å²) in [5, 5.41) is 0. The fourth-order valence-electron chi connectivity index (χ4n) is 2.30. The second-order valence-electron chi connectivity index (χ2n) is 5.82. The Hall–Kier alpha value is -0.220. The van der Waals surface area contributed by atoms with E-state index in [1.54, 1.807) is 0 Å². The van der Waals surface area contributed by atoms with Gasteiger partial charge in [-0.3, -0.25) is 4.79 Å². The molecular weight excluding hydrogens is 258 g/mol. The van der Waals surface area contributed by atoms with Gasteiger partial charge in [-0.25, -0.2) is 0 Å². The molecule has 1 rings (SSSR count). The smallest absolute Gasteiger partial charge is 0.305 e. The fraction of sp³-hybridized carbons (Fsp3) is 0.933. The Balaban J connectivity index is 2.05. The zero-order valence-electron chi connectivity index (χ0n) is 12.7. The van der Waals surface area contributed by atoms with Crippen LogP contribution in [0.25, 0.3) is 0 Å². The number of carbonyl (C=O) groups is 1. The number of thioether (sulfide) groups is 1. The molecule has 0 unspecified atom stereocenters. The van der Waals surface area contributed by atoms with Crippen LogP contribution in [0.5, 0.6) is 0 Å². The van der Waals surface area contributed by atoms with Gasteiger partial charge in [-0.05, 0) is 39.3 Å². The Morgan fingerprint density at radius 1 is 1.26 bits per heavy atom. The lowest BCUT2D eigenvalue weighted by Gasteiger charge is -2.22. The second kappa shape index (κ2) is 8.85.